The lowest BCUT2D eigenvalue weighted by molar-refractivity contribution is -0.384. The summed E-state index contributed by atoms with van der Waals surface area (Å²) in [5.74, 6) is 0.435. The lowest BCUT2D eigenvalue weighted by Crippen LogP contribution is -2.25. The maximum Gasteiger partial charge on any atom is 0.293 e. The number of nitrogens with zero attached hydrogens (tertiary/aromatic N) is 2. The number of benzene rings is 1. The second-order valence-corrected chi connectivity index (χ2v) is 7.16. The van der Waals surface area contributed by atoms with Crippen LogP contribution in [0.4, 0.5) is 11.4 Å². The average Bonchev–Trinajstić information content (AvgIpc) is 2.95. The highest BCUT2D eigenvalue weighted by Gasteiger charge is 2.28. The first-order valence-corrected chi connectivity index (χ1v) is 8.49. The van der Waals surface area contributed by atoms with Crippen LogP contribution in [-0.4, -0.2) is 47.1 Å². The Labute approximate surface area is 129 Å². The fraction of sp³-hybridized carbons (Fsp3) is 0.538. The molecule has 1 fully saturated rings. The molecule has 2 N–H and O–H groups in total. The molecule has 1 aliphatic heterocycles. The summed E-state index contributed by atoms with van der Waals surface area (Å²) in [6.07, 6.45) is 0.953. The van der Waals surface area contributed by atoms with E-state index in [1.807, 2.05) is 11.9 Å². The van der Waals surface area contributed by atoms with Gasteiger partial charge in [-0.3, -0.25) is 10.1 Å². The number of rotatable bonds is 6. The lowest BCUT2D eigenvalue weighted by Gasteiger charge is -2.19. The topological polar surface area (TPSA) is 105 Å². The van der Waals surface area contributed by atoms with Crippen molar-refractivity contribution in [3.05, 3.63) is 28.3 Å². The van der Waals surface area contributed by atoms with Gasteiger partial charge in [0.2, 0.25) is 10.0 Å². The Morgan fingerprint density at radius 3 is 2.73 bits per heavy atom. The summed E-state index contributed by atoms with van der Waals surface area (Å²) in [5, 5.41) is 14.4. The first-order chi connectivity index (χ1) is 10.4. The molecule has 0 spiro atoms. The molecule has 0 saturated carbocycles. The molecule has 0 radical (unpaired) electrons. The van der Waals surface area contributed by atoms with Crippen LogP contribution in [0.15, 0.2) is 23.1 Å². The van der Waals surface area contributed by atoms with Crippen molar-refractivity contribution in [2.45, 2.75) is 11.3 Å². The first kappa shape index (κ1) is 16.7. The van der Waals surface area contributed by atoms with Crippen molar-refractivity contribution in [2.75, 3.05) is 38.6 Å². The number of nitrogens with one attached hydrogen (secondary N) is 2. The van der Waals surface area contributed by atoms with Crippen LogP contribution < -0.4 is 14.9 Å². The molecule has 0 aromatic heterocycles. The summed E-state index contributed by atoms with van der Waals surface area (Å²) in [6, 6.07) is 4.04. The van der Waals surface area contributed by atoms with Gasteiger partial charge in [-0.25, -0.2) is 13.1 Å². The van der Waals surface area contributed by atoms with Gasteiger partial charge in [0, 0.05) is 19.2 Å². The standard InChI is InChI=1S/C13H20N4O4S/c1-14-8-10-5-6-16(9-10)12-4-3-11(22(20,21)15-2)7-13(12)17(18)19/h3-4,7,10,14-15H,5-6,8-9H2,1-2H3. The van der Waals surface area contributed by atoms with Gasteiger partial charge in [-0.15, -0.1) is 0 Å². The Kier molecular flexibility index (Phi) is 4.99. The normalized spacial score (nSPS) is 18.6. The first-order valence-electron chi connectivity index (χ1n) is 7.00. The van der Waals surface area contributed by atoms with E-state index in [9.17, 15) is 18.5 Å². The summed E-state index contributed by atoms with van der Waals surface area (Å²) in [5.41, 5.74) is 0.292. The smallest absolute Gasteiger partial charge is 0.293 e. The van der Waals surface area contributed by atoms with Gasteiger partial charge in [0.05, 0.1) is 9.82 Å². The zero-order valence-corrected chi connectivity index (χ0v) is 13.4. The molecule has 1 atom stereocenters. The van der Waals surface area contributed by atoms with Crippen LogP contribution in [0, 0.1) is 16.0 Å². The number of nitro benzene ring substituents is 1. The molecule has 2 rings (SSSR count). The van der Waals surface area contributed by atoms with Crippen molar-refractivity contribution in [2.24, 2.45) is 5.92 Å². The van der Waals surface area contributed by atoms with Crippen molar-refractivity contribution < 1.29 is 13.3 Å². The Balaban J connectivity index is 2.35. The Hall–Kier alpha value is -1.71. The highest BCUT2D eigenvalue weighted by Crippen LogP contribution is 2.33. The third-order valence-electron chi connectivity index (χ3n) is 3.84. The summed E-state index contributed by atoms with van der Waals surface area (Å²) in [4.78, 5) is 12.6. The molecule has 1 aromatic carbocycles. The van der Waals surface area contributed by atoms with E-state index in [0.29, 0.717) is 11.6 Å². The van der Waals surface area contributed by atoms with Crippen LogP contribution in [0.1, 0.15) is 6.42 Å². The molecule has 0 bridgehead atoms. The third-order valence-corrected chi connectivity index (χ3v) is 5.25. The van der Waals surface area contributed by atoms with Crippen LogP contribution in [0.25, 0.3) is 0 Å². The Morgan fingerprint density at radius 2 is 2.14 bits per heavy atom. The fourth-order valence-electron chi connectivity index (χ4n) is 2.71. The van der Waals surface area contributed by atoms with E-state index in [-0.39, 0.29) is 10.6 Å². The van der Waals surface area contributed by atoms with Crippen molar-refractivity contribution in [3.8, 4) is 0 Å². The van der Waals surface area contributed by atoms with Crippen LogP contribution in [-0.2, 0) is 10.0 Å². The molecule has 1 saturated heterocycles. The largest absolute Gasteiger partial charge is 0.366 e. The summed E-state index contributed by atoms with van der Waals surface area (Å²) >= 11 is 0. The molecular weight excluding hydrogens is 308 g/mol. The Morgan fingerprint density at radius 1 is 1.41 bits per heavy atom. The van der Waals surface area contributed by atoms with E-state index in [1.54, 1.807) is 0 Å². The van der Waals surface area contributed by atoms with Crippen LogP contribution >= 0.6 is 0 Å². The molecular formula is C13H20N4O4S. The number of hydrogen-bond donors (Lipinski definition) is 2. The van der Waals surface area contributed by atoms with E-state index in [0.717, 1.165) is 32.1 Å². The second-order valence-electron chi connectivity index (χ2n) is 5.27. The molecule has 1 aliphatic rings. The summed E-state index contributed by atoms with van der Waals surface area (Å²) in [6.45, 7) is 2.31. The van der Waals surface area contributed by atoms with Gasteiger partial charge in [-0.1, -0.05) is 0 Å². The molecule has 1 unspecified atom stereocenters. The number of anilines is 1. The molecule has 22 heavy (non-hydrogen) atoms. The maximum absolute atomic E-state index is 11.8. The highest BCUT2D eigenvalue weighted by molar-refractivity contribution is 7.89. The molecule has 9 heteroatoms. The quantitative estimate of drug-likeness (QED) is 0.584. The minimum absolute atomic E-state index is 0.101. The molecule has 0 amide bonds. The number of sulfonamides is 1. The molecule has 122 valence electrons. The van der Waals surface area contributed by atoms with Gasteiger partial charge < -0.3 is 10.2 Å². The van der Waals surface area contributed by atoms with Crippen molar-refractivity contribution >= 4 is 21.4 Å². The molecule has 0 aliphatic carbocycles. The van der Waals surface area contributed by atoms with Crippen molar-refractivity contribution in [3.63, 3.8) is 0 Å². The summed E-state index contributed by atoms with van der Waals surface area (Å²) in [7, 11) is -0.544. The van der Waals surface area contributed by atoms with Gasteiger partial charge >= 0.3 is 0 Å². The average molecular weight is 328 g/mol. The van der Waals surface area contributed by atoms with Crippen molar-refractivity contribution in [1.82, 2.24) is 10.0 Å². The van der Waals surface area contributed by atoms with E-state index >= 15 is 0 Å². The van der Waals surface area contributed by atoms with Crippen LogP contribution in [0.3, 0.4) is 0 Å². The predicted octanol–water partition coefficient (Wildman–Crippen LogP) is 0.549. The second kappa shape index (κ2) is 6.59. The van der Waals surface area contributed by atoms with E-state index < -0.39 is 14.9 Å². The van der Waals surface area contributed by atoms with Crippen LogP contribution in [0.5, 0.6) is 0 Å². The van der Waals surface area contributed by atoms with Crippen LogP contribution in [0.2, 0.25) is 0 Å². The monoisotopic (exact) mass is 328 g/mol. The van der Waals surface area contributed by atoms with E-state index in [4.69, 9.17) is 0 Å². The van der Waals surface area contributed by atoms with E-state index in [1.165, 1.54) is 19.2 Å². The van der Waals surface area contributed by atoms with Gasteiger partial charge in [0.15, 0.2) is 0 Å². The minimum atomic E-state index is -3.70. The lowest BCUT2D eigenvalue weighted by atomic mass is 10.1. The third kappa shape index (κ3) is 3.37. The van der Waals surface area contributed by atoms with Crippen molar-refractivity contribution in [1.29, 1.82) is 0 Å². The van der Waals surface area contributed by atoms with Gasteiger partial charge in [0.25, 0.3) is 5.69 Å². The minimum Gasteiger partial charge on any atom is -0.366 e. The summed E-state index contributed by atoms with van der Waals surface area (Å²) < 4.78 is 25.7. The van der Waals surface area contributed by atoms with Gasteiger partial charge in [-0.2, -0.15) is 0 Å². The van der Waals surface area contributed by atoms with Gasteiger partial charge in [-0.05, 0) is 45.1 Å². The molecule has 1 aromatic rings. The Bertz CT molecular complexity index is 662. The zero-order valence-electron chi connectivity index (χ0n) is 12.6. The number of nitro groups is 1. The number of hydrogen-bond acceptors (Lipinski definition) is 6. The predicted molar refractivity (Wildman–Crippen MR) is 83.6 cm³/mol. The fourth-order valence-corrected chi connectivity index (χ4v) is 3.46. The van der Waals surface area contributed by atoms with Gasteiger partial charge in [0.1, 0.15) is 5.69 Å². The SMILES string of the molecule is CNCC1CCN(c2ccc(S(=O)(=O)NC)cc2[N+](=O)[O-])C1. The molecule has 1 heterocycles. The maximum atomic E-state index is 11.8. The van der Waals surface area contributed by atoms with E-state index in [2.05, 4.69) is 10.0 Å². The molecule has 8 nitrogen and oxygen atoms in total. The highest BCUT2D eigenvalue weighted by atomic mass is 32.2. The zero-order chi connectivity index (χ0) is 16.3.